The lowest BCUT2D eigenvalue weighted by atomic mass is 10.2. The molecule has 0 aliphatic heterocycles. The van der Waals surface area contributed by atoms with Gasteiger partial charge in [0.2, 0.25) is 5.91 Å². The molecule has 1 amide bonds. The van der Waals surface area contributed by atoms with E-state index in [9.17, 15) is 13.6 Å². The van der Waals surface area contributed by atoms with Crippen LogP contribution in [0.5, 0.6) is 0 Å². The van der Waals surface area contributed by atoms with Crippen molar-refractivity contribution in [2.75, 3.05) is 6.54 Å². The van der Waals surface area contributed by atoms with Gasteiger partial charge in [-0.3, -0.25) is 9.48 Å². The number of nitrogens with one attached hydrogen (secondary N) is 1. The van der Waals surface area contributed by atoms with Crippen LogP contribution in [0.3, 0.4) is 0 Å². The van der Waals surface area contributed by atoms with Crippen LogP contribution < -0.4 is 5.32 Å². The minimum atomic E-state index is -2.65. The molecule has 1 N–H and O–H groups in total. The van der Waals surface area contributed by atoms with Crippen LogP contribution in [0.2, 0.25) is 0 Å². The Labute approximate surface area is 113 Å². The molecule has 0 radical (unpaired) electrons. The van der Waals surface area contributed by atoms with Crippen LogP contribution in [-0.2, 0) is 11.3 Å². The fourth-order valence-electron chi connectivity index (χ4n) is 1.35. The van der Waals surface area contributed by atoms with E-state index in [0.717, 1.165) is 0 Å². The van der Waals surface area contributed by atoms with Crippen LogP contribution in [-0.4, -0.2) is 22.2 Å². The second-order valence-corrected chi connectivity index (χ2v) is 5.23. The Morgan fingerprint density at radius 3 is 2.56 bits per heavy atom. The van der Waals surface area contributed by atoms with Crippen LogP contribution in [0.15, 0.2) is 4.47 Å². The number of rotatable bonds is 5. The fraction of sp³-hybridized carbons (Fsp3) is 0.636. The van der Waals surface area contributed by atoms with Gasteiger partial charge in [-0.05, 0) is 28.8 Å². The first-order chi connectivity index (χ1) is 8.32. The average Bonchev–Trinajstić information content (AvgIpc) is 2.55. The van der Waals surface area contributed by atoms with E-state index < -0.39 is 6.43 Å². The van der Waals surface area contributed by atoms with Crippen molar-refractivity contribution in [3.63, 3.8) is 0 Å². The minimum absolute atomic E-state index is 0.0517. The van der Waals surface area contributed by atoms with E-state index in [1.807, 2.05) is 13.8 Å². The van der Waals surface area contributed by atoms with Gasteiger partial charge in [0.05, 0.1) is 10.2 Å². The van der Waals surface area contributed by atoms with Crippen LogP contribution in [0.4, 0.5) is 8.78 Å². The zero-order chi connectivity index (χ0) is 13.9. The molecule has 1 rings (SSSR count). The molecule has 102 valence electrons. The van der Waals surface area contributed by atoms with Crippen molar-refractivity contribution in [3.05, 3.63) is 15.9 Å². The Kier molecular flexibility index (Phi) is 5.25. The summed E-state index contributed by atoms with van der Waals surface area (Å²) in [6.45, 7) is 6.10. The highest BCUT2D eigenvalue weighted by Gasteiger charge is 2.21. The lowest BCUT2D eigenvalue weighted by Crippen LogP contribution is -2.31. The maximum atomic E-state index is 12.6. The quantitative estimate of drug-likeness (QED) is 0.905. The highest BCUT2D eigenvalue weighted by atomic mass is 79.9. The molecular weight excluding hydrogens is 308 g/mol. The third-order valence-corrected chi connectivity index (χ3v) is 3.35. The molecule has 1 aromatic heterocycles. The van der Waals surface area contributed by atoms with E-state index in [-0.39, 0.29) is 22.6 Å². The molecule has 0 atom stereocenters. The number of nitrogens with zero attached hydrogens (tertiary/aromatic N) is 2. The number of halogens is 3. The lowest BCUT2D eigenvalue weighted by Gasteiger charge is -2.08. The SMILES string of the molecule is Cc1c(Br)c(C(F)F)nn1CC(=O)NCC(C)C. The first-order valence-electron chi connectivity index (χ1n) is 5.60. The third-order valence-electron chi connectivity index (χ3n) is 2.37. The molecule has 0 saturated carbocycles. The van der Waals surface area contributed by atoms with E-state index in [0.29, 0.717) is 18.2 Å². The van der Waals surface area contributed by atoms with Crippen molar-refractivity contribution in [2.45, 2.75) is 33.7 Å². The minimum Gasteiger partial charge on any atom is -0.354 e. The van der Waals surface area contributed by atoms with E-state index in [2.05, 4.69) is 26.3 Å². The van der Waals surface area contributed by atoms with E-state index in [1.54, 1.807) is 6.92 Å². The van der Waals surface area contributed by atoms with Crippen molar-refractivity contribution in [1.82, 2.24) is 15.1 Å². The number of hydrogen-bond acceptors (Lipinski definition) is 2. The summed E-state index contributed by atoms with van der Waals surface area (Å²) in [7, 11) is 0. The van der Waals surface area contributed by atoms with E-state index in [4.69, 9.17) is 0 Å². The Bertz CT molecular complexity index is 432. The summed E-state index contributed by atoms with van der Waals surface area (Å²) in [5.74, 6) is 0.110. The molecule has 1 heterocycles. The summed E-state index contributed by atoms with van der Waals surface area (Å²) >= 11 is 3.06. The predicted octanol–water partition coefficient (Wildman–Crippen LogP) is 2.66. The standard InChI is InChI=1S/C11H16BrF2N3O/c1-6(2)4-15-8(18)5-17-7(3)9(12)10(16-17)11(13)14/h6,11H,4-5H2,1-3H3,(H,15,18). The number of carbonyl (C=O) groups is 1. The molecule has 4 nitrogen and oxygen atoms in total. The highest BCUT2D eigenvalue weighted by molar-refractivity contribution is 9.10. The monoisotopic (exact) mass is 323 g/mol. The van der Waals surface area contributed by atoms with Crippen molar-refractivity contribution in [3.8, 4) is 0 Å². The maximum absolute atomic E-state index is 12.6. The van der Waals surface area contributed by atoms with Gasteiger partial charge in [0, 0.05) is 6.54 Å². The van der Waals surface area contributed by atoms with Crippen LogP contribution in [0.1, 0.15) is 31.7 Å². The zero-order valence-corrected chi connectivity index (χ0v) is 12.1. The first-order valence-corrected chi connectivity index (χ1v) is 6.39. The summed E-state index contributed by atoms with van der Waals surface area (Å²) < 4.78 is 26.7. The lowest BCUT2D eigenvalue weighted by molar-refractivity contribution is -0.122. The molecule has 7 heteroatoms. The molecule has 0 aromatic carbocycles. The second kappa shape index (κ2) is 6.26. The zero-order valence-electron chi connectivity index (χ0n) is 10.5. The topological polar surface area (TPSA) is 46.9 Å². The van der Waals surface area contributed by atoms with Crippen molar-refractivity contribution in [1.29, 1.82) is 0 Å². The third kappa shape index (κ3) is 3.76. The van der Waals surface area contributed by atoms with Gasteiger partial charge in [-0.2, -0.15) is 5.10 Å². The highest BCUT2D eigenvalue weighted by Crippen LogP contribution is 2.28. The van der Waals surface area contributed by atoms with E-state index in [1.165, 1.54) is 4.68 Å². The Morgan fingerprint density at radius 2 is 2.11 bits per heavy atom. The number of hydrogen-bond donors (Lipinski definition) is 1. The van der Waals surface area contributed by atoms with Gasteiger partial charge in [0.15, 0.2) is 0 Å². The first kappa shape index (κ1) is 15.1. The molecular formula is C11H16BrF2N3O. The van der Waals surface area contributed by atoms with Crippen LogP contribution in [0, 0.1) is 12.8 Å². The average molecular weight is 324 g/mol. The van der Waals surface area contributed by atoms with Gasteiger partial charge in [0.25, 0.3) is 6.43 Å². The summed E-state index contributed by atoms with van der Waals surface area (Å²) in [4.78, 5) is 11.6. The summed E-state index contributed by atoms with van der Waals surface area (Å²) in [6.07, 6.45) is -2.65. The number of amides is 1. The van der Waals surface area contributed by atoms with Crippen molar-refractivity contribution >= 4 is 21.8 Å². The number of aromatic nitrogens is 2. The normalized spacial score (nSPS) is 11.3. The second-order valence-electron chi connectivity index (χ2n) is 4.44. The molecule has 0 spiro atoms. The van der Waals surface area contributed by atoms with Crippen LogP contribution in [0.25, 0.3) is 0 Å². The Hall–Kier alpha value is -0.980. The number of carbonyl (C=O) groups excluding carboxylic acids is 1. The Balaban J connectivity index is 2.73. The van der Waals surface area contributed by atoms with Crippen molar-refractivity contribution < 1.29 is 13.6 Å². The molecule has 0 bridgehead atoms. The molecule has 0 fully saturated rings. The maximum Gasteiger partial charge on any atom is 0.283 e. The Morgan fingerprint density at radius 1 is 1.50 bits per heavy atom. The molecule has 0 aliphatic rings. The van der Waals surface area contributed by atoms with Crippen molar-refractivity contribution in [2.24, 2.45) is 5.92 Å². The fourth-order valence-corrected chi connectivity index (χ4v) is 1.81. The van der Waals surface area contributed by atoms with Gasteiger partial charge in [-0.25, -0.2) is 8.78 Å². The summed E-state index contributed by atoms with van der Waals surface area (Å²) in [5, 5.41) is 6.45. The van der Waals surface area contributed by atoms with Gasteiger partial charge in [0.1, 0.15) is 12.2 Å². The van der Waals surface area contributed by atoms with Gasteiger partial charge in [-0.1, -0.05) is 13.8 Å². The van der Waals surface area contributed by atoms with Gasteiger partial charge >= 0.3 is 0 Å². The number of alkyl halides is 2. The molecule has 1 aromatic rings. The summed E-state index contributed by atoms with van der Waals surface area (Å²) in [6, 6.07) is 0. The molecule has 0 aliphatic carbocycles. The van der Waals surface area contributed by atoms with E-state index >= 15 is 0 Å². The smallest absolute Gasteiger partial charge is 0.283 e. The van der Waals surface area contributed by atoms with Gasteiger partial charge < -0.3 is 5.32 Å². The largest absolute Gasteiger partial charge is 0.354 e. The van der Waals surface area contributed by atoms with Gasteiger partial charge in [-0.15, -0.1) is 0 Å². The predicted molar refractivity (Wildman–Crippen MR) is 67.5 cm³/mol. The molecule has 0 saturated heterocycles. The molecule has 0 unspecified atom stereocenters. The summed E-state index contributed by atoms with van der Waals surface area (Å²) in [5.41, 5.74) is 0.189. The van der Waals surface area contributed by atoms with Crippen LogP contribution >= 0.6 is 15.9 Å². The molecule has 18 heavy (non-hydrogen) atoms.